The van der Waals surface area contributed by atoms with E-state index in [2.05, 4.69) is 5.32 Å². The number of hydrogen-bond acceptors (Lipinski definition) is 3. The van der Waals surface area contributed by atoms with E-state index in [1.165, 1.54) is 18.2 Å². The van der Waals surface area contributed by atoms with Gasteiger partial charge < -0.3 is 15.8 Å². The number of hydrogen-bond donors (Lipinski definition) is 2. The third-order valence-electron chi connectivity index (χ3n) is 3.16. The average Bonchev–Trinajstić information content (AvgIpc) is 2.50. The number of carbonyl (C=O) groups is 1. The molecule has 110 valence electrons. The fourth-order valence-corrected chi connectivity index (χ4v) is 1.94. The van der Waals surface area contributed by atoms with Crippen LogP contribution in [0.2, 0.25) is 0 Å². The molecular formula is C16H17FN2O2. The second-order valence-electron chi connectivity index (χ2n) is 4.56. The normalized spacial score (nSPS) is 10.2. The lowest BCUT2D eigenvalue weighted by atomic mass is 10.1. The highest BCUT2D eigenvalue weighted by Crippen LogP contribution is 2.15. The maximum absolute atomic E-state index is 13.3. The molecule has 5 heteroatoms. The Morgan fingerprint density at radius 1 is 1.24 bits per heavy atom. The van der Waals surface area contributed by atoms with Crippen molar-refractivity contribution in [3.8, 4) is 5.75 Å². The summed E-state index contributed by atoms with van der Waals surface area (Å²) >= 11 is 0. The minimum Gasteiger partial charge on any atom is -0.497 e. The number of anilines is 1. The lowest BCUT2D eigenvalue weighted by molar-refractivity contribution is 0.0954. The molecule has 3 N–H and O–H groups in total. The molecular weight excluding hydrogens is 271 g/mol. The summed E-state index contributed by atoms with van der Waals surface area (Å²) in [4.78, 5) is 11.9. The maximum atomic E-state index is 13.3. The van der Waals surface area contributed by atoms with Gasteiger partial charge in [-0.25, -0.2) is 4.39 Å². The van der Waals surface area contributed by atoms with Crippen molar-refractivity contribution in [3.05, 3.63) is 59.4 Å². The molecule has 0 heterocycles. The number of halogens is 1. The Hall–Kier alpha value is -2.56. The van der Waals surface area contributed by atoms with E-state index in [-0.39, 0.29) is 17.2 Å². The first-order valence-electron chi connectivity index (χ1n) is 6.57. The summed E-state index contributed by atoms with van der Waals surface area (Å²) in [6.45, 7) is 0.446. The zero-order chi connectivity index (χ0) is 15.2. The van der Waals surface area contributed by atoms with E-state index in [1.54, 1.807) is 7.11 Å². The molecule has 0 aliphatic rings. The van der Waals surface area contributed by atoms with Gasteiger partial charge in [-0.15, -0.1) is 0 Å². The predicted molar refractivity (Wildman–Crippen MR) is 79.8 cm³/mol. The summed E-state index contributed by atoms with van der Waals surface area (Å²) in [6, 6.07) is 11.8. The molecule has 2 rings (SSSR count). The van der Waals surface area contributed by atoms with Gasteiger partial charge in [0.2, 0.25) is 0 Å². The van der Waals surface area contributed by atoms with E-state index in [9.17, 15) is 9.18 Å². The number of amides is 1. The number of rotatable bonds is 5. The van der Waals surface area contributed by atoms with Crippen LogP contribution in [0.3, 0.4) is 0 Å². The Morgan fingerprint density at radius 2 is 1.95 bits per heavy atom. The van der Waals surface area contributed by atoms with E-state index in [0.29, 0.717) is 13.0 Å². The van der Waals surface area contributed by atoms with Crippen LogP contribution in [0.1, 0.15) is 15.9 Å². The lowest BCUT2D eigenvalue weighted by Gasteiger charge is -2.08. The van der Waals surface area contributed by atoms with Crippen LogP contribution in [0.5, 0.6) is 5.75 Å². The number of methoxy groups -OCH3 is 1. The molecule has 0 fully saturated rings. The molecule has 2 aromatic carbocycles. The molecule has 0 atom stereocenters. The van der Waals surface area contributed by atoms with Crippen molar-refractivity contribution in [1.29, 1.82) is 0 Å². The molecule has 0 bridgehead atoms. The molecule has 1 amide bonds. The minimum absolute atomic E-state index is 0.126. The highest BCUT2D eigenvalue weighted by atomic mass is 19.1. The summed E-state index contributed by atoms with van der Waals surface area (Å²) in [5.41, 5.74) is 6.65. The first-order chi connectivity index (χ1) is 10.1. The van der Waals surface area contributed by atoms with Crippen molar-refractivity contribution >= 4 is 11.6 Å². The third kappa shape index (κ3) is 3.72. The lowest BCUT2D eigenvalue weighted by Crippen LogP contribution is -2.26. The fourth-order valence-electron chi connectivity index (χ4n) is 1.94. The van der Waals surface area contributed by atoms with Gasteiger partial charge in [-0.2, -0.15) is 0 Å². The van der Waals surface area contributed by atoms with Gasteiger partial charge in [0, 0.05) is 6.54 Å². The summed E-state index contributed by atoms with van der Waals surface area (Å²) < 4.78 is 18.4. The molecule has 0 saturated carbocycles. The molecule has 0 unspecified atom stereocenters. The Morgan fingerprint density at radius 3 is 2.62 bits per heavy atom. The summed E-state index contributed by atoms with van der Waals surface area (Å²) in [5.74, 6) is -0.173. The van der Waals surface area contributed by atoms with Crippen LogP contribution in [0.25, 0.3) is 0 Å². The van der Waals surface area contributed by atoms with Crippen LogP contribution in [-0.2, 0) is 6.42 Å². The first-order valence-corrected chi connectivity index (χ1v) is 6.57. The predicted octanol–water partition coefficient (Wildman–Crippen LogP) is 2.39. The van der Waals surface area contributed by atoms with Gasteiger partial charge >= 0.3 is 0 Å². The van der Waals surface area contributed by atoms with E-state index in [4.69, 9.17) is 10.5 Å². The topological polar surface area (TPSA) is 64.3 Å². The molecule has 0 saturated heterocycles. The zero-order valence-corrected chi connectivity index (χ0v) is 11.7. The standard InChI is InChI=1S/C16H17FN2O2/c1-21-12-7-5-11(6-8-12)9-10-19-16(20)13-3-2-4-14(17)15(13)18/h2-8H,9-10,18H2,1H3,(H,19,20). The molecule has 0 aliphatic carbocycles. The van der Waals surface area contributed by atoms with Crippen LogP contribution in [0.4, 0.5) is 10.1 Å². The Balaban J connectivity index is 1.90. The minimum atomic E-state index is -0.585. The Bertz CT molecular complexity index is 627. The highest BCUT2D eigenvalue weighted by molar-refractivity contribution is 5.99. The number of nitrogens with two attached hydrogens (primary N) is 1. The summed E-state index contributed by atoms with van der Waals surface area (Å²) in [7, 11) is 1.61. The first kappa shape index (κ1) is 14.8. The third-order valence-corrected chi connectivity index (χ3v) is 3.16. The van der Waals surface area contributed by atoms with Crippen molar-refractivity contribution in [2.24, 2.45) is 0 Å². The van der Waals surface area contributed by atoms with Crippen LogP contribution in [0.15, 0.2) is 42.5 Å². The van der Waals surface area contributed by atoms with Crippen molar-refractivity contribution in [2.45, 2.75) is 6.42 Å². The van der Waals surface area contributed by atoms with Crippen molar-refractivity contribution < 1.29 is 13.9 Å². The monoisotopic (exact) mass is 288 g/mol. The number of nitrogen functional groups attached to an aromatic ring is 1. The fraction of sp³-hybridized carbons (Fsp3) is 0.188. The number of carbonyl (C=O) groups excluding carboxylic acids is 1. The second-order valence-corrected chi connectivity index (χ2v) is 4.56. The van der Waals surface area contributed by atoms with E-state index in [0.717, 1.165) is 11.3 Å². The quantitative estimate of drug-likeness (QED) is 0.830. The van der Waals surface area contributed by atoms with Gasteiger partial charge in [0.05, 0.1) is 18.4 Å². The molecule has 0 spiro atoms. The molecule has 0 aromatic heterocycles. The van der Waals surface area contributed by atoms with Crippen LogP contribution in [0, 0.1) is 5.82 Å². The number of ether oxygens (including phenoxy) is 1. The molecule has 4 nitrogen and oxygen atoms in total. The smallest absolute Gasteiger partial charge is 0.253 e. The number of nitrogens with one attached hydrogen (secondary N) is 1. The van der Waals surface area contributed by atoms with E-state index < -0.39 is 5.82 Å². The zero-order valence-electron chi connectivity index (χ0n) is 11.7. The number of para-hydroxylation sites is 1. The van der Waals surface area contributed by atoms with Gasteiger partial charge in [0.15, 0.2) is 0 Å². The van der Waals surface area contributed by atoms with Gasteiger partial charge in [-0.3, -0.25) is 4.79 Å². The van der Waals surface area contributed by atoms with Crippen LogP contribution in [-0.4, -0.2) is 19.6 Å². The maximum Gasteiger partial charge on any atom is 0.253 e. The summed E-state index contributed by atoms with van der Waals surface area (Å²) in [6.07, 6.45) is 0.672. The summed E-state index contributed by atoms with van der Waals surface area (Å²) in [5, 5.41) is 2.73. The van der Waals surface area contributed by atoms with Crippen molar-refractivity contribution in [2.75, 3.05) is 19.4 Å². The second kappa shape index (κ2) is 6.74. The highest BCUT2D eigenvalue weighted by Gasteiger charge is 2.11. The van der Waals surface area contributed by atoms with Gasteiger partial charge in [0.1, 0.15) is 11.6 Å². The van der Waals surface area contributed by atoms with E-state index >= 15 is 0 Å². The average molecular weight is 288 g/mol. The number of benzene rings is 2. The van der Waals surface area contributed by atoms with E-state index in [1.807, 2.05) is 24.3 Å². The van der Waals surface area contributed by atoms with Gasteiger partial charge in [-0.05, 0) is 36.2 Å². The van der Waals surface area contributed by atoms with Crippen molar-refractivity contribution in [3.63, 3.8) is 0 Å². The molecule has 21 heavy (non-hydrogen) atoms. The Labute approximate surface area is 122 Å². The van der Waals surface area contributed by atoms with Gasteiger partial charge in [0.25, 0.3) is 5.91 Å². The van der Waals surface area contributed by atoms with Crippen molar-refractivity contribution in [1.82, 2.24) is 5.32 Å². The Kier molecular flexibility index (Phi) is 4.77. The molecule has 2 aromatic rings. The van der Waals surface area contributed by atoms with Crippen LogP contribution < -0.4 is 15.8 Å². The molecule has 0 aliphatic heterocycles. The van der Waals surface area contributed by atoms with Gasteiger partial charge in [-0.1, -0.05) is 18.2 Å². The SMILES string of the molecule is COc1ccc(CCNC(=O)c2cccc(F)c2N)cc1. The largest absolute Gasteiger partial charge is 0.497 e. The van der Waals surface area contributed by atoms with Crippen LogP contribution >= 0.6 is 0 Å². The molecule has 0 radical (unpaired) electrons.